The lowest BCUT2D eigenvalue weighted by Crippen LogP contribution is -2.36. The summed E-state index contributed by atoms with van der Waals surface area (Å²) in [6.45, 7) is 5.42. The molecule has 132 valence electrons. The molecule has 0 spiro atoms. The van der Waals surface area contributed by atoms with E-state index in [0.29, 0.717) is 31.3 Å². The van der Waals surface area contributed by atoms with Crippen molar-refractivity contribution in [3.05, 3.63) is 36.7 Å². The second-order valence-electron chi connectivity index (χ2n) is 5.40. The largest absolute Gasteiger partial charge is 0.494 e. The predicted octanol–water partition coefficient (Wildman–Crippen LogP) is 2.36. The van der Waals surface area contributed by atoms with Crippen molar-refractivity contribution >= 4 is 23.4 Å². The number of hydrogen-bond donors (Lipinski definition) is 2. The quantitative estimate of drug-likeness (QED) is 0.866. The number of morpholine rings is 1. The van der Waals surface area contributed by atoms with Gasteiger partial charge in [-0.1, -0.05) is 0 Å². The van der Waals surface area contributed by atoms with Crippen molar-refractivity contribution in [2.45, 2.75) is 6.92 Å². The number of amides is 2. The molecule has 3 rings (SSSR count). The molecule has 0 radical (unpaired) electrons. The summed E-state index contributed by atoms with van der Waals surface area (Å²) in [5, 5.41) is 5.48. The Bertz CT molecular complexity index is 702. The number of carbonyl (C=O) groups excluding carboxylic acids is 1. The van der Waals surface area contributed by atoms with Crippen LogP contribution in [0, 0.1) is 0 Å². The third-order valence-electron chi connectivity index (χ3n) is 3.65. The third kappa shape index (κ3) is 4.80. The fraction of sp³-hybridized carbons (Fsp3) is 0.353. The average molecular weight is 343 g/mol. The molecule has 25 heavy (non-hydrogen) atoms. The van der Waals surface area contributed by atoms with Gasteiger partial charge in [0, 0.05) is 24.8 Å². The minimum absolute atomic E-state index is 0.365. The van der Waals surface area contributed by atoms with E-state index in [1.54, 1.807) is 30.3 Å². The lowest BCUT2D eigenvalue weighted by Gasteiger charge is -2.27. The number of ether oxygens (including phenoxy) is 2. The highest BCUT2D eigenvalue weighted by Crippen LogP contribution is 2.17. The number of carbonyl (C=O) groups is 1. The molecular weight excluding hydrogens is 322 g/mol. The van der Waals surface area contributed by atoms with Crippen molar-refractivity contribution in [2.75, 3.05) is 48.4 Å². The van der Waals surface area contributed by atoms with Crippen LogP contribution in [0.2, 0.25) is 0 Å². The second kappa shape index (κ2) is 8.29. The third-order valence-corrected chi connectivity index (χ3v) is 3.65. The lowest BCUT2D eigenvalue weighted by atomic mass is 10.3. The molecule has 2 heterocycles. The predicted molar refractivity (Wildman–Crippen MR) is 95.3 cm³/mol. The van der Waals surface area contributed by atoms with Gasteiger partial charge in [0.05, 0.1) is 19.8 Å². The number of urea groups is 1. The smallest absolute Gasteiger partial charge is 0.324 e. The molecule has 1 aliphatic heterocycles. The highest BCUT2D eigenvalue weighted by Gasteiger charge is 2.13. The molecular formula is C17H21N5O3. The fourth-order valence-electron chi connectivity index (χ4n) is 2.46. The standard InChI is InChI=1S/C17H21N5O3/c1-2-25-14-5-3-13(4-6-14)20-17(23)21-15-11-16(19-12-18-15)22-7-9-24-10-8-22/h3-6,11-12H,2,7-10H2,1H3,(H2,18,19,20,21,23). The first-order valence-electron chi connectivity index (χ1n) is 8.20. The highest BCUT2D eigenvalue weighted by molar-refractivity contribution is 5.99. The van der Waals surface area contributed by atoms with Gasteiger partial charge in [0.2, 0.25) is 0 Å². The summed E-state index contributed by atoms with van der Waals surface area (Å²) < 4.78 is 10.7. The van der Waals surface area contributed by atoms with Gasteiger partial charge in [-0.15, -0.1) is 0 Å². The molecule has 8 nitrogen and oxygen atoms in total. The molecule has 0 bridgehead atoms. The molecule has 2 N–H and O–H groups in total. The van der Waals surface area contributed by atoms with E-state index in [9.17, 15) is 4.79 Å². The number of nitrogens with zero attached hydrogens (tertiary/aromatic N) is 3. The molecule has 1 saturated heterocycles. The maximum Gasteiger partial charge on any atom is 0.324 e. The second-order valence-corrected chi connectivity index (χ2v) is 5.40. The molecule has 8 heteroatoms. The summed E-state index contributed by atoms with van der Waals surface area (Å²) in [7, 11) is 0. The van der Waals surface area contributed by atoms with Crippen LogP contribution in [0.4, 0.5) is 22.1 Å². The average Bonchev–Trinajstić information content (AvgIpc) is 2.64. The Labute approximate surface area is 146 Å². The maximum atomic E-state index is 12.1. The molecule has 0 saturated carbocycles. The Morgan fingerprint density at radius 3 is 2.68 bits per heavy atom. The summed E-state index contributed by atoms with van der Waals surface area (Å²) in [4.78, 5) is 22.6. The number of benzene rings is 1. The minimum Gasteiger partial charge on any atom is -0.494 e. The highest BCUT2D eigenvalue weighted by atomic mass is 16.5. The van der Waals surface area contributed by atoms with Gasteiger partial charge in [0.1, 0.15) is 23.7 Å². The first-order valence-corrected chi connectivity index (χ1v) is 8.20. The van der Waals surface area contributed by atoms with Gasteiger partial charge in [-0.2, -0.15) is 0 Å². The number of hydrogen-bond acceptors (Lipinski definition) is 6. The van der Waals surface area contributed by atoms with Crippen molar-refractivity contribution in [2.24, 2.45) is 0 Å². The van der Waals surface area contributed by atoms with Crippen LogP contribution in [0.25, 0.3) is 0 Å². The van der Waals surface area contributed by atoms with Gasteiger partial charge < -0.3 is 19.7 Å². The van der Waals surface area contributed by atoms with Crippen LogP contribution in [0.1, 0.15) is 6.92 Å². The van der Waals surface area contributed by atoms with Crippen LogP contribution >= 0.6 is 0 Å². The first kappa shape index (κ1) is 17.0. The van der Waals surface area contributed by atoms with E-state index in [4.69, 9.17) is 9.47 Å². The topological polar surface area (TPSA) is 88.6 Å². The summed E-state index contributed by atoms with van der Waals surface area (Å²) in [6, 6.07) is 8.56. The number of nitrogens with one attached hydrogen (secondary N) is 2. The summed E-state index contributed by atoms with van der Waals surface area (Å²) in [5.74, 6) is 1.98. The van der Waals surface area contributed by atoms with Crippen LogP contribution in [0.3, 0.4) is 0 Å². The number of rotatable bonds is 5. The van der Waals surface area contributed by atoms with Gasteiger partial charge in [0.25, 0.3) is 0 Å². The van der Waals surface area contributed by atoms with Gasteiger partial charge in [-0.05, 0) is 31.2 Å². The lowest BCUT2D eigenvalue weighted by molar-refractivity contribution is 0.122. The van der Waals surface area contributed by atoms with E-state index in [0.717, 1.165) is 24.7 Å². The van der Waals surface area contributed by atoms with E-state index in [2.05, 4.69) is 25.5 Å². The Morgan fingerprint density at radius 2 is 1.96 bits per heavy atom. The van der Waals surface area contributed by atoms with E-state index >= 15 is 0 Å². The van der Waals surface area contributed by atoms with Crippen LogP contribution in [0.15, 0.2) is 36.7 Å². The Hall–Kier alpha value is -2.87. The van der Waals surface area contributed by atoms with Crippen molar-refractivity contribution < 1.29 is 14.3 Å². The zero-order valence-corrected chi connectivity index (χ0v) is 14.1. The summed E-state index contributed by atoms with van der Waals surface area (Å²) >= 11 is 0. The SMILES string of the molecule is CCOc1ccc(NC(=O)Nc2cc(N3CCOCC3)ncn2)cc1. The normalized spacial score (nSPS) is 14.0. The molecule has 1 fully saturated rings. The Balaban J connectivity index is 1.58. The van der Waals surface area contributed by atoms with Gasteiger partial charge >= 0.3 is 6.03 Å². The maximum absolute atomic E-state index is 12.1. The summed E-state index contributed by atoms with van der Waals surface area (Å²) in [6.07, 6.45) is 1.44. The van der Waals surface area contributed by atoms with E-state index in [-0.39, 0.29) is 6.03 Å². The number of anilines is 3. The Kier molecular flexibility index (Phi) is 5.63. The van der Waals surface area contributed by atoms with Crippen molar-refractivity contribution in [1.29, 1.82) is 0 Å². The van der Waals surface area contributed by atoms with Crippen molar-refractivity contribution in [3.63, 3.8) is 0 Å². The fourth-order valence-corrected chi connectivity index (χ4v) is 2.46. The van der Waals surface area contributed by atoms with Gasteiger partial charge in [-0.3, -0.25) is 5.32 Å². The zero-order valence-electron chi connectivity index (χ0n) is 14.1. The molecule has 1 aromatic carbocycles. The Morgan fingerprint density at radius 1 is 1.20 bits per heavy atom. The van der Waals surface area contributed by atoms with Crippen molar-refractivity contribution in [3.8, 4) is 5.75 Å². The molecule has 0 unspecified atom stereocenters. The molecule has 1 aliphatic rings. The first-order chi connectivity index (χ1) is 12.2. The summed E-state index contributed by atoms with van der Waals surface area (Å²) in [5.41, 5.74) is 0.670. The molecule has 2 amide bonds. The monoisotopic (exact) mass is 343 g/mol. The number of aromatic nitrogens is 2. The van der Waals surface area contributed by atoms with Crippen molar-refractivity contribution in [1.82, 2.24) is 9.97 Å². The van der Waals surface area contributed by atoms with E-state index in [1.165, 1.54) is 6.33 Å². The molecule has 0 aliphatic carbocycles. The van der Waals surface area contributed by atoms with E-state index < -0.39 is 0 Å². The van der Waals surface area contributed by atoms with E-state index in [1.807, 2.05) is 6.92 Å². The van der Waals surface area contributed by atoms with Crippen LogP contribution < -0.4 is 20.3 Å². The zero-order chi connectivity index (χ0) is 17.5. The molecule has 0 atom stereocenters. The van der Waals surface area contributed by atoms with Crippen LogP contribution in [-0.2, 0) is 4.74 Å². The van der Waals surface area contributed by atoms with Gasteiger partial charge in [0.15, 0.2) is 0 Å². The van der Waals surface area contributed by atoms with Crippen LogP contribution in [-0.4, -0.2) is 48.9 Å². The molecule has 1 aromatic heterocycles. The molecule has 2 aromatic rings. The van der Waals surface area contributed by atoms with Gasteiger partial charge in [-0.25, -0.2) is 14.8 Å². The minimum atomic E-state index is -0.365. The van der Waals surface area contributed by atoms with Crippen LogP contribution in [0.5, 0.6) is 5.75 Å².